The number of rotatable bonds is 6. The Bertz CT molecular complexity index is 883. The Morgan fingerprint density at radius 3 is 2.33 bits per heavy atom. The highest BCUT2D eigenvalue weighted by atomic mass is 32.2. The SMILES string of the molecule is Cc1ccc(S(=O)(=O)Nc2ccc(OCc3ccco3)cc2)cc1. The van der Waals surface area contributed by atoms with Crippen molar-refractivity contribution in [2.45, 2.75) is 18.4 Å². The predicted molar refractivity (Wildman–Crippen MR) is 91.5 cm³/mol. The summed E-state index contributed by atoms with van der Waals surface area (Å²) < 4.78 is 37.9. The van der Waals surface area contributed by atoms with E-state index in [0.29, 0.717) is 18.0 Å². The lowest BCUT2D eigenvalue weighted by molar-refractivity contribution is 0.270. The molecule has 2 aromatic carbocycles. The van der Waals surface area contributed by atoms with Gasteiger partial charge < -0.3 is 9.15 Å². The van der Waals surface area contributed by atoms with E-state index in [2.05, 4.69) is 4.72 Å². The summed E-state index contributed by atoms with van der Waals surface area (Å²) in [5.41, 5.74) is 1.48. The van der Waals surface area contributed by atoms with E-state index in [1.807, 2.05) is 13.0 Å². The van der Waals surface area contributed by atoms with Crippen LogP contribution in [0.3, 0.4) is 0 Å². The minimum absolute atomic E-state index is 0.228. The molecule has 24 heavy (non-hydrogen) atoms. The second-order valence-electron chi connectivity index (χ2n) is 5.31. The summed E-state index contributed by atoms with van der Waals surface area (Å²) >= 11 is 0. The molecule has 1 heterocycles. The van der Waals surface area contributed by atoms with Crippen molar-refractivity contribution in [3.05, 3.63) is 78.3 Å². The predicted octanol–water partition coefficient (Wildman–Crippen LogP) is 3.97. The molecule has 0 aliphatic rings. The molecule has 5 nitrogen and oxygen atoms in total. The first-order valence-electron chi connectivity index (χ1n) is 7.38. The normalized spacial score (nSPS) is 11.2. The molecular formula is C18H17NO4S. The lowest BCUT2D eigenvalue weighted by atomic mass is 10.2. The number of ether oxygens (including phenoxy) is 1. The highest BCUT2D eigenvalue weighted by Crippen LogP contribution is 2.20. The van der Waals surface area contributed by atoms with Crippen LogP contribution >= 0.6 is 0 Å². The first-order valence-corrected chi connectivity index (χ1v) is 8.86. The third-order valence-corrected chi connectivity index (χ3v) is 4.80. The summed E-state index contributed by atoms with van der Waals surface area (Å²) in [7, 11) is -3.60. The third-order valence-electron chi connectivity index (χ3n) is 3.40. The van der Waals surface area contributed by atoms with Gasteiger partial charge in [-0.25, -0.2) is 8.42 Å². The van der Waals surface area contributed by atoms with E-state index in [9.17, 15) is 8.42 Å². The van der Waals surface area contributed by atoms with E-state index in [0.717, 1.165) is 11.3 Å². The quantitative estimate of drug-likeness (QED) is 0.735. The van der Waals surface area contributed by atoms with Gasteiger partial charge in [0, 0.05) is 5.69 Å². The van der Waals surface area contributed by atoms with Crippen LogP contribution in [0.25, 0.3) is 0 Å². The van der Waals surface area contributed by atoms with Gasteiger partial charge >= 0.3 is 0 Å². The second-order valence-corrected chi connectivity index (χ2v) is 6.99. The van der Waals surface area contributed by atoms with Gasteiger partial charge in [0.15, 0.2) is 0 Å². The minimum atomic E-state index is -3.60. The Morgan fingerprint density at radius 2 is 1.71 bits per heavy atom. The lowest BCUT2D eigenvalue weighted by Gasteiger charge is -2.09. The van der Waals surface area contributed by atoms with Crippen LogP contribution in [0, 0.1) is 6.92 Å². The van der Waals surface area contributed by atoms with E-state index >= 15 is 0 Å². The fourth-order valence-electron chi connectivity index (χ4n) is 2.10. The van der Waals surface area contributed by atoms with Crippen LogP contribution in [0.5, 0.6) is 5.75 Å². The zero-order chi connectivity index (χ0) is 17.0. The van der Waals surface area contributed by atoms with Crippen LogP contribution in [-0.2, 0) is 16.6 Å². The van der Waals surface area contributed by atoms with Crippen LogP contribution in [0.4, 0.5) is 5.69 Å². The van der Waals surface area contributed by atoms with Crippen LogP contribution in [0.2, 0.25) is 0 Å². The number of furan rings is 1. The average molecular weight is 343 g/mol. The first kappa shape index (κ1) is 16.1. The summed E-state index contributed by atoms with van der Waals surface area (Å²) in [4.78, 5) is 0.228. The molecule has 0 spiro atoms. The molecule has 0 amide bonds. The molecule has 0 fully saturated rings. The maximum absolute atomic E-state index is 12.3. The van der Waals surface area contributed by atoms with Gasteiger partial charge in [-0.05, 0) is 55.5 Å². The Labute approximate surface area is 140 Å². The summed E-state index contributed by atoms with van der Waals surface area (Å²) in [5.74, 6) is 1.35. The van der Waals surface area contributed by atoms with Crippen molar-refractivity contribution in [2.75, 3.05) is 4.72 Å². The first-order chi connectivity index (χ1) is 11.5. The average Bonchev–Trinajstić information content (AvgIpc) is 3.08. The fourth-order valence-corrected chi connectivity index (χ4v) is 3.16. The molecule has 6 heteroatoms. The zero-order valence-corrected chi connectivity index (χ0v) is 13.9. The van der Waals surface area contributed by atoms with Crippen LogP contribution in [0.15, 0.2) is 76.2 Å². The largest absolute Gasteiger partial charge is 0.486 e. The molecule has 0 aliphatic carbocycles. The Hall–Kier alpha value is -2.73. The van der Waals surface area contributed by atoms with E-state index in [4.69, 9.17) is 9.15 Å². The molecule has 1 aromatic heterocycles. The fraction of sp³-hybridized carbons (Fsp3) is 0.111. The van der Waals surface area contributed by atoms with E-state index in [1.165, 1.54) is 0 Å². The Morgan fingerprint density at radius 1 is 1.00 bits per heavy atom. The Balaban J connectivity index is 1.66. The van der Waals surface area contributed by atoms with E-state index in [1.54, 1.807) is 60.9 Å². The molecule has 0 unspecified atom stereocenters. The molecule has 0 bridgehead atoms. The van der Waals surface area contributed by atoms with Gasteiger partial charge in [0.2, 0.25) is 0 Å². The van der Waals surface area contributed by atoms with Crippen LogP contribution in [-0.4, -0.2) is 8.42 Å². The van der Waals surface area contributed by atoms with Gasteiger partial charge in [0.25, 0.3) is 10.0 Å². The lowest BCUT2D eigenvalue weighted by Crippen LogP contribution is -2.12. The smallest absolute Gasteiger partial charge is 0.261 e. The molecule has 3 aromatic rings. The van der Waals surface area contributed by atoms with E-state index < -0.39 is 10.0 Å². The maximum Gasteiger partial charge on any atom is 0.261 e. The van der Waals surface area contributed by atoms with Crippen molar-refractivity contribution < 1.29 is 17.6 Å². The van der Waals surface area contributed by atoms with Crippen LogP contribution < -0.4 is 9.46 Å². The Kier molecular flexibility index (Phi) is 4.57. The van der Waals surface area contributed by atoms with Crippen molar-refractivity contribution in [2.24, 2.45) is 0 Å². The van der Waals surface area contributed by atoms with Gasteiger partial charge in [0.05, 0.1) is 11.2 Å². The molecule has 0 saturated heterocycles. The van der Waals surface area contributed by atoms with Gasteiger partial charge in [-0.2, -0.15) is 0 Å². The molecule has 0 aliphatic heterocycles. The molecular weight excluding hydrogens is 326 g/mol. The van der Waals surface area contributed by atoms with Gasteiger partial charge in [-0.3, -0.25) is 4.72 Å². The molecule has 1 N–H and O–H groups in total. The number of hydrogen-bond donors (Lipinski definition) is 1. The van der Waals surface area contributed by atoms with Crippen molar-refractivity contribution in [3.63, 3.8) is 0 Å². The summed E-state index contributed by atoms with van der Waals surface area (Å²) in [6.07, 6.45) is 1.58. The molecule has 0 atom stereocenters. The number of anilines is 1. The van der Waals surface area contributed by atoms with Gasteiger partial charge in [-0.1, -0.05) is 17.7 Å². The minimum Gasteiger partial charge on any atom is -0.486 e. The molecule has 0 radical (unpaired) electrons. The van der Waals surface area contributed by atoms with Crippen LogP contribution in [0.1, 0.15) is 11.3 Å². The second kappa shape index (κ2) is 6.80. The van der Waals surface area contributed by atoms with Gasteiger partial charge in [-0.15, -0.1) is 0 Å². The summed E-state index contributed by atoms with van der Waals surface area (Å²) in [6.45, 7) is 2.23. The number of aryl methyl sites for hydroxylation is 1. The monoisotopic (exact) mass is 343 g/mol. The van der Waals surface area contributed by atoms with Crippen molar-refractivity contribution in [1.82, 2.24) is 0 Å². The van der Waals surface area contributed by atoms with E-state index in [-0.39, 0.29) is 4.90 Å². The number of benzene rings is 2. The van der Waals surface area contributed by atoms with Crippen molar-refractivity contribution >= 4 is 15.7 Å². The number of hydrogen-bond acceptors (Lipinski definition) is 4. The molecule has 124 valence electrons. The highest BCUT2D eigenvalue weighted by molar-refractivity contribution is 7.92. The number of nitrogens with one attached hydrogen (secondary N) is 1. The zero-order valence-electron chi connectivity index (χ0n) is 13.1. The number of sulfonamides is 1. The highest BCUT2D eigenvalue weighted by Gasteiger charge is 2.13. The van der Waals surface area contributed by atoms with Gasteiger partial charge in [0.1, 0.15) is 18.1 Å². The van der Waals surface area contributed by atoms with Crippen molar-refractivity contribution in [3.8, 4) is 5.75 Å². The summed E-state index contributed by atoms with van der Waals surface area (Å²) in [6, 6.07) is 17.0. The standard InChI is InChI=1S/C18H17NO4S/c1-14-4-10-18(11-5-14)24(20,21)19-15-6-8-16(9-7-15)23-13-17-3-2-12-22-17/h2-12,19H,13H2,1H3. The van der Waals surface area contributed by atoms with Crippen molar-refractivity contribution in [1.29, 1.82) is 0 Å². The topological polar surface area (TPSA) is 68.5 Å². The molecule has 3 rings (SSSR count). The summed E-state index contributed by atoms with van der Waals surface area (Å²) in [5, 5.41) is 0. The maximum atomic E-state index is 12.3. The molecule has 0 saturated carbocycles. The third kappa shape index (κ3) is 3.97.